The molecule has 4 atom stereocenters. The summed E-state index contributed by atoms with van der Waals surface area (Å²) in [5.74, 6) is -2.01. The Hall–Kier alpha value is -5.94. The molecule has 17 heteroatoms. The van der Waals surface area contributed by atoms with Crippen molar-refractivity contribution in [2.24, 2.45) is 17.3 Å². The number of fused-ring (bicyclic) bond motifs is 1. The average Bonchev–Trinajstić information content (AvgIpc) is 4.05. The van der Waals surface area contributed by atoms with Crippen LogP contribution in [0.2, 0.25) is 0 Å². The number of likely N-dealkylation sites (tertiary alicyclic amines) is 1. The molecule has 4 aromatic rings. The normalized spacial score (nSPS) is 16.9. The summed E-state index contributed by atoms with van der Waals surface area (Å²) in [5, 5.41) is 9.74. The Morgan fingerprint density at radius 1 is 1.12 bits per heavy atom. The van der Waals surface area contributed by atoms with Gasteiger partial charge in [0.25, 0.3) is 11.8 Å². The van der Waals surface area contributed by atoms with Gasteiger partial charge in [0, 0.05) is 93.9 Å². The first-order valence-electron chi connectivity index (χ1n) is 22.6. The zero-order valence-electron chi connectivity index (χ0n) is 39.3. The molecule has 1 aromatic carbocycles. The quantitative estimate of drug-likeness (QED) is 0.0971. The molecule has 2 N–H and O–H groups in total. The van der Waals surface area contributed by atoms with Crippen molar-refractivity contribution in [3.8, 4) is 22.7 Å². The zero-order valence-corrected chi connectivity index (χ0v) is 39.3. The van der Waals surface area contributed by atoms with Crippen LogP contribution < -0.4 is 10.7 Å². The number of esters is 1. The molecule has 350 valence electrons. The number of pyridine rings is 1. The van der Waals surface area contributed by atoms with E-state index in [0.29, 0.717) is 44.6 Å². The fourth-order valence-electron chi connectivity index (χ4n) is 9.05. The largest absolute Gasteiger partial charge is 0.465 e. The van der Waals surface area contributed by atoms with Gasteiger partial charge in [-0.1, -0.05) is 39.4 Å². The van der Waals surface area contributed by atoms with Crippen molar-refractivity contribution in [3.63, 3.8) is 0 Å². The van der Waals surface area contributed by atoms with E-state index >= 15 is 0 Å². The van der Waals surface area contributed by atoms with Crippen LogP contribution in [0.3, 0.4) is 0 Å². The number of carbonyl (C=O) groups excluding carboxylic acids is 5. The van der Waals surface area contributed by atoms with E-state index in [4.69, 9.17) is 24.0 Å². The number of aromatic nitrogens is 4. The number of likely N-dealkylation sites (N-methyl/N-ethyl adjacent to an activating group) is 1. The van der Waals surface area contributed by atoms with E-state index in [1.807, 2.05) is 45.0 Å². The van der Waals surface area contributed by atoms with Crippen molar-refractivity contribution in [2.75, 3.05) is 46.9 Å². The fraction of sp³-hybridized carbons (Fsp3) is 0.542. The topological polar surface area (TPSA) is 194 Å². The molecule has 17 nitrogen and oxygen atoms in total. The predicted molar refractivity (Wildman–Crippen MR) is 245 cm³/mol. The van der Waals surface area contributed by atoms with Gasteiger partial charge in [0.1, 0.15) is 12.1 Å². The van der Waals surface area contributed by atoms with Gasteiger partial charge in [-0.25, -0.2) is 5.43 Å². The maximum atomic E-state index is 14.3. The van der Waals surface area contributed by atoms with Gasteiger partial charge in [-0.15, -0.1) is 0 Å². The molecule has 0 radical (unpaired) electrons. The maximum absolute atomic E-state index is 14.3. The number of benzene rings is 1. The first kappa shape index (κ1) is 48.5. The highest BCUT2D eigenvalue weighted by molar-refractivity contribution is 5.95. The van der Waals surface area contributed by atoms with Crippen molar-refractivity contribution < 1.29 is 38.0 Å². The van der Waals surface area contributed by atoms with E-state index < -0.39 is 29.3 Å². The molecule has 2 aliphatic heterocycles. The molecule has 4 amide bonds. The Bertz CT molecular complexity index is 2380. The highest BCUT2D eigenvalue weighted by Crippen LogP contribution is 2.41. The lowest BCUT2D eigenvalue weighted by molar-refractivity contribution is -0.146. The van der Waals surface area contributed by atoms with Gasteiger partial charge < -0.3 is 33.7 Å². The number of rotatable bonds is 18. The second-order valence-corrected chi connectivity index (χ2v) is 18.2. The van der Waals surface area contributed by atoms with Crippen molar-refractivity contribution >= 4 is 40.5 Å². The Morgan fingerprint density at radius 3 is 2.55 bits per heavy atom. The standard InChI is InChI=1S/C48H65N9O8/c1-11-40(59)55-23-19-33(27-55)46(61)54(9)42(29(3)4)44(60)51-37(47(62)57-22-14-13-21-50-57)25-39-52-45(65-53-39)32-17-18-38-35(24-32)36(26-48(7,8)28-64-31(6)58)43(56(38)12-2)34-16-15-20-49-41(34)30(5)63-10/h11,15-18,20,24,29-30,33,37,42,50H,1,12-14,19,21-23,25-28H2,2-10H3,(H,51,60)/t30-,33-,37-,42-/m0/s1. The van der Waals surface area contributed by atoms with E-state index in [1.54, 1.807) is 25.3 Å². The molecule has 2 fully saturated rings. The number of nitrogens with zero attached hydrogens (tertiary/aromatic N) is 7. The van der Waals surface area contributed by atoms with Crippen molar-refractivity contribution in [3.05, 3.63) is 66.3 Å². The molecule has 3 aromatic heterocycles. The third-order valence-electron chi connectivity index (χ3n) is 12.4. The number of hydrazine groups is 1. The van der Waals surface area contributed by atoms with Crippen LogP contribution in [0.4, 0.5) is 0 Å². The first-order chi connectivity index (χ1) is 31.0. The SMILES string of the molecule is C=CC(=O)N1CC[C@H](C(=O)N(C)[C@H](C(=O)N[C@@H](Cc2noc(-c3ccc4c(c3)c(CC(C)(C)COC(C)=O)c(-c3cccnc3[C@H](C)OC)n4CC)n2)C(=O)N2CCCCN2)C(C)C)C1. The molecule has 2 aliphatic rings. The number of hydrogen-bond acceptors (Lipinski definition) is 12. The van der Waals surface area contributed by atoms with Crippen LogP contribution >= 0.6 is 0 Å². The van der Waals surface area contributed by atoms with Crippen LogP contribution in [0, 0.1) is 17.3 Å². The molecule has 6 rings (SSSR count). The summed E-state index contributed by atoms with van der Waals surface area (Å²) in [4.78, 5) is 79.0. The van der Waals surface area contributed by atoms with E-state index in [9.17, 15) is 24.0 Å². The van der Waals surface area contributed by atoms with E-state index in [-0.39, 0.29) is 67.0 Å². The molecule has 65 heavy (non-hydrogen) atoms. The van der Waals surface area contributed by atoms with Crippen molar-refractivity contribution in [2.45, 2.75) is 105 Å². The second kappa shape index (κ2) is 20.9. The minimum Gasteiger partial charge on any atom is -0.465 e. The summed E-state index contributed by atoms with van der Waals surface area (Å²) >= 11 is 0. The van der Waals surface area contributed by atoms with Gasteiger partial charge in [0.15, 0.2) is 5.82 Å². The second-order valence-electron chi connectivity index (χ2n) is 18.2. The molecular weight excluding hydrogens is 831 g/mol. The Morgan fingerprint density at radius 2 is 1.89 bits per heavy atom. The third kappa shape index (κ3) is 11.0. The molecule has 2 saturated heterocycles. The number of amides is 4. The fourth-order valence-corrected chi connectivity index (χ4v) is 9.05. The molecule has 0 spiro atoms. The van der Waals surface area contributed by atoms with Crippen molar-refractivity contribution in [1.82, 2.24) is 45.2 Å². The van der Waals surface area contributed by atoms with Crippen LogP contribution in [0.25, 0.3) is 33.6 Å². The zero-order chi connectivity index (χ0) is 47.2. The van der Waals surface area contributed by atoms with Gasteiger partial charge in [0.05, 0.1) is 30.0 Å². The molecular formula is C48H65N9O8. The summed E-state index contributed by atoms with van der Waals surface area (Å²) in [7, 11) is 3.25. The third-order valence-corrected chi connectivity index (χ3v) is 12.4. The number of ether oxygens (including phenoxy) is 2. The summed E-state index contributed by atoms with van der Waals surface area (Å²) in [5.41, 5.74) is 8.06. The Balaban J connectivity index is 1.33. The number of aryl methyl sites for hydroxylation is 1. The number of hydrogen-bond donors (Lipinski definition) is 2. The number of nitrogens with one attached hydrogen (secondary N) is 2. The molecule has 0 bridgehead atoms. The maximum Gasteiger partial charge on any atom is 0.302 e. The lowest BCUT2D eigenvalue weighted by Crippen LogP contribution is -2.59. The minimum atomic E-state index is -1.09. The highest BCUT2D eigenvalue weighted by atomic mass is 16.5. The van der Waals surface area contributed by atoms with E-state index in [2.05, 4.69) is 53.9 Å². The van der Waals surface area contributed by atoms with Gasteiger partial charge in [-0.2, -0.15) is 4.98 Å². The van der Waals surface area contributed by atoms with Gasteiger partial charge in [-0.3, -0.25) is 34.0 Å². The number of methoxy groups -OCH3 is 1. The molecule has 0 saturated carbocycles. The van der Waals surface area contributed by atoms with Gasteiger partial charge in [-0.05, 0) is 87.4 Å². The van der Waals surface area contributed by atoms with Crippen LogP contribution in [0.1, 0.15) is 90.9 Å². The highest BCUT2D eigenvalue weighted by Gasteiger charge is 2.39. The molecule has 0 aliphatic carbocycles. The van der Waals surface area contributed by atoms with Gasteiger partial charge in [0.2, 0.25) is 17.7 Å². The lowest BCUT2D eigenvalue weighted by atomic mass is 9.84. The van der Waals surface area contributed by atoms with Crippen LogP contribution in [0.15, 0.2) is 53.7 Å². The van der Waals surface area contributed by atoms with Crippen LogP contribution in [-0.2, 0) is 52.8 Å². The van der Waals surface area contributed by atoms with Crippen molar-refractivity contribution in [1.29, 1.82) is 0 Å². The summed E-state index contributed by atoms with van der Waals surface area (Å²) < 4.78 is 19.5. The van der Waals surface area contributed by atoms with E-state index in [1.165, 1.54) is 22.9 Å². The molecule has 0 unspecified atom stereocenters. The van der Waals surface area contributed by atoms with Crippen LogP contribution in [-0.4, -0.2) is 123 Å². The summed E-state index contributed by atoms with van der Waals surface area (Å²) in [6, 6.07) is 7.94. The lowest BCUT2D eigenvalue weighted by Gasteiger charge is -2.34. The smallest absolute Gasteiger partial charge is 0.302 e. The summed E-state index contributed by atoms with van der Waals surface area (Å²) in [6.45, 7) is 19.5. The first-order valence-corrected chi connectivity index (χ1v) is 22.6. The predicted octanol–water partition coefficient (Wildman–Crippen LogP) is 5.28. The van der Waals surface area contributed by atoms with E-state index in [0.717, 1.165) is 46.3 Å². The van der Waals surface area contributed by atoms with Gasteiger partial charge >= 0.3 is 5.97 Å². The Kier molecular flexibility index (Phi) is 15.6. The minimum absolute atomic E-state index is 0.0777. The number of carbonyl (C=O) groups is 5. The molecule has 5 heterocycles. The monoisotopic (exact) mass is 895 g/mol. The Labute approximate surface area is 381 Å². The average molecular weight is 896 g/mol. The van der Waals surface area contributed by atoms with Crippen LogP contribution in [0.5, 0.6) is 0 Å². The summed E-state index contributed by atoms with van der Waals surface area (Å²) in [6.07, 6.45) is 5.36.